The Morgan fingerprint density at radius 3 is 2.61 bits per heavy atom. The summed E-state index contributed by atoms with van der Waals surface area (Å²) in [6, 6.07) is 0.795. The van der Waals surface area contributed by atoms with Crippen LogP contribution in [0.3, 0.4) is 0 Å². The molecule has 0 aromatic heterocycles. The number of hydrogen-bond donors (Lipinski definition) is 2. The number of hydrogen-bond acceptors (Lipinski definition) is 3. The van der Waals surface area contributed by atoms with E-state index in [1.807, 2.05) is 6.92 Å². The summed E-state index contributed by atoms with van der Waals surface area (Å²) in [5.74, 6) is 0. The SMILES string of the molecule is CCCC(C)(CNC1CC1)CN(C)CCC(C)O. The summed E-state index contributed by atoms with van der Waals surface area (Å²) in [6.07, 6.45) is 5.92. The van der Waals surface area contributed by atoms with Crippen molar-refractivity contribution < 1.29 is 5.11 Å². The van der Waals surface area contributed by atoms with Gasteiger partial charge in [0.2, 0.25) is 0 Å². The molecule has 3 heteroatoms. The maximum Gasteiger partial charge on any atom is 0.0524 e. The molecule has 0 aliphatic heterocycles. The molecule has 0 amide bonds. The minimum atomic E-state index is -0.186. The first-order chi connectivity index (χ1) is 8.45. The van der Waals surface area contributed by atoms with Crippen LogP contribution in [-0.4, -0.2) is 48.8 Å². The van der Waals surface area contributed by atoms with Crippen molar-refractivity contribution in [2.24, 2.45) is 5.41 Å². The largest absolute Gasteiger partial charge is 0.393 e. The van der Waals surface area contributed by atoms with Gasteiger partial charge in [-0.1, -0.05) is 20.3 Å². The number of nitrogens with zero attached hydrogens (tertiary/aromatic N) is 1. The van der Waals surface area contributed by atoms with Crippen molar-refractivity contribution in [3.05, 3.63) is 0 Å². The van der Waals surface area contributed by atoms with Crippen LogP contribution in [0.25, 0.3) is 0 Å². The van der Waals surface area contributed by atoms with Gasteiger partial charge in [0.15, 0.2) is 0 Å². The molecular formula is C15H32N2O. The van der Waals surface area contributed by atoms with Crippen molar-refractivity contribution >= 4 is 0 Å². The van der Waals surface area contributed by atoms with Gasteiger partial charge in [-0.2, -0.15) is 0 Å². The van der Waals surface area contributed by atoms with E-state index in [1.54, 1.807) is 0 Å². The summed E-state index contributed by atoms with van der Waals surface area (Å²) in [5.41, 5.74) is 0.366. The number of nitrogens with one attached hydrogen (secondary N) is 1. The second kappa shape index (κ2) is 7.46. The molecule has 2 unspecified atom stereocenters. The molecule has 1 aliphatic carbocycles. The van der Waals surface area contributed by atoms with E-state index in [9.17, 15) is 5.11 Å². The number of rotatable bonds is 10. The summed E-state index contributed by atoms with van der Waals surface area (Å²) < 4.78 is 0. The normalized spacial score (nSPS) is 21.0. The predicted molar refractivity (Wildman–Crippen MR) is 77.8 cm³/mol. The van der Waals surface area contributed by atoms with E-state index >= 15 is 0 Å². The zero-order chi connectivity index (χ0) is 13.6. The average Bonchev–Trinajstić information content (AvgIpc) is 3.08. The Morgan fingerprint density at radius 1 is 1.44 bits per heavy atom. The van der Waals surface area contributed by atoms with Gasteiger partial charge in [-0.05, 0) is 45.1 Å². The lowest BCUT2D eigenvalue weighted by molar-refractivity contribution is 0.134. The first kappa shape index (κ1) is 15.9. The Kier molecular flexibility index (Phi) is 6.61. The Labute approximate surface area is 113 Å². The van der Waals surface area contributed by atoms with Crippen LogP contribution in [0.1, 0.15) is 52.9 Å². The van der Waals surface area contributed by atoms with Gasteiger partial charge in [0.05, 0.1) is 6.10 Å². The molecule has 0 radical (unpaired) electrons. The van der Waals surface area contributed by atoms with Crippen molar-refractivity contribution in [1.82, 2.24) is 10.2 Å². The molecule has 1 rings (SSSR count). The Hall–Kier alpha value is -0.120. The maximum atomic E-state index is 9.35. The summed E-state index contributed by atoms with van der Waals surface area (Å²) in [6.45, 7) is 9.77. The van der Waals surface area contributed by atoms with Gasteiger partial charge in [0, 0.05) is 25.7 Å². The van der Waals surface area contributed by atoms with E-state index in [4.69, 9.17) is 0 Å². The van der Waals surface area contributed by atoms with Crippen molar-refractivity contribution in [2.45, 2.75) is 65.0 Å². The molecule has 1 saturated carbocycles. The molecule has 0 spiro atoms. The van der Waals surface area contributed by atoms with E-state index in [0.717, 1.165) is 32.1 Å². The van der Waals surface area contributed by atoms with Gasteiger partial charge < -0.3 is 15.3 Å². The van der Waals surface area contributed by atoms with Crippen molar-refractivity contribution in [1.29, 1.82) is 0 Å². The van der Waals surface area contributed by atoms with Crippen LogP contribution in [0.15, 0.2) is 0 Å². The van der Waals surface area contributed by atoms with Crippen molar-refractivity contribution in [2.75, 3.05) is 26.7 Å². The highest BCUT2D eigenvalue weighted by Crippen LogP contribution is 2.26. The van der Waals surface area contributed by atoms with Crippen LogP contribution in [-0.2, 0) is 0 Å². The van der Waals surface area contributed by atoms with Gasteiger partial charge in [-0.15, -0.1) is 0 Å². The van der Waals surface area contributed by atoms with Crippen LogP contribution < -0.4 is 5.32 Å². The van der Waals surface area contributed by atoms with Gasteiger partial charge in [-0.3, -0.25) is 0 Å². The molecule has 2 N–H and O–H groups in total. The molecule has 1 aliphatic rings. The Balaban J connectivity index is 2.33. The monoisotopic (exact) mass is 256 g/mol. The summed E-state index contributed by atoms with van der Waals surface area (Å²) in [7, 11) is 2.17. The third-order valence-corrected chi connectivity index (χ3v) is 3.83. The van der Waals surface area contributed by atoms with Gasteiger partial charge in [-0.25, -0.2) is 0 Å². The zero-order valence-corrected chi connectivity index (χ0v) is 12.7. The van der Waals surface area contributed by atoms with Gasteiger partial charge in [0.25, 0.3) is 0 Å². The Bertz CT molecular complexity index is 229. The molecule has 0 aromatic carbocycles. The highest BCUT2D eigenvalue weighted by molar-refractivity contribution is 4.86. The third-order valence-electron chi connectivity index (χ3n) is 3.83. The van der Waals surface area contributed by atoms with E-state index < -0.39 is 0 Å². The van der Waals surface area contributed by atoms with Crippen LogP contribution in [0, 0.1) is 5.41 Å². The maximum absolute atomic E-state index is 9.35. The molecule has 108 valence electrons. The molecule has 1 fully saturated rings. The predicted octanol–water partition coefficient (Wildman–Crippen LogP) is 2.25. The van der Waals surface area contributed by atoms with E-state index in [-0.39, 0.29) is 6.10 Å². The Morgan fingerprint density at radius 2 is 2.11 bits per heavy atom. The molecule has 0 bridgehead atoms. The van der Waals surface area contributed by atoms with Crippen LogP contribution >= 0.6 is 0 Å². The van der Waals surface area contributed by atoms with Gasteiger partial charge in [0.1, 0.15) is 0 Å². The quantitative estimate of drug-likeness (QED) is 0.629. The molecule has 0 aromatic rings. The lowest BCUT2D eigenvalue weighted by atomic mass is 9.84. The summed E-state index contributed by atoms with van der Waals surface area (Å²) in [4.78, 5) is 2.37. The first-order valence-electron chi connectivity index (χ1n) is 7.55. The summed E-state index contributed by atoms with van der Waals surface area (Å²) >= 11 is 0. The molecule has 0 heterocycles. The topological polar surface area (TPSA) is 35.5 Å². The van der Waals surface area contributed by atoms with Crippen molar-refractivity contribution in [3.8, 4) is 0 Å². The smallest absolute Gasteiger partial charge is 0.0524 e. The second-order valence-electron chi connectivity index (χ2n) is 6.59. The second-order valence-corrected chi connectivity index (χ2v) is 6.59. The summed E-state index contributed by atoms with van der Waals surface area (Å²) in [5, 5.41) is 13.0. The lowest BCUT2D eigenvalue weighted by Crippen LogP contribution is -2.42. The molecular weight excluding hydrogens is 224 g/mol. The van der Waals surface area contributed by atoms with E-state index in [1.165, 1.54) is 25.7 Å². The van der Waals surface area contributed by atoms with Crippen molar-refractivity contribution in [3.63, 3.8) is 0 Å². The standard InChI is InChI=1S/C15H32N2O/c1-5-9-15(3,11-16-14-6-7-14)12-17(4)10-8-13(2)18/h13-14,16,18H,5-12H2,1-4H3. The minimum Gasteiger partial charge on any atom is -0.393 e. The van der Waals surface area contributed by atoms with E-state index in [2.05, 4.69) is 31.1 Å². The fourth-order valence-corrected chi connectivity index (χ4v) is 2.64. The van der Waals surface area contributed by atoms with E-state index in [0.29, 0.717) is 5.41 Å². The van der Waals surface area contributed by atoms with Gasteiger partial charge >= 0.3 is 0 Å². The molecule has 3 nitrogen and oxygen atoms in total. The minimum absolute atomic E-state index is 0.186. The highest BCUT2D eigenvalue weighted by atomic mass is 16.3. The highest BCUT2D eigenvalue weighted by Gasteiger charge is 2.28. The third kappa shape index (κ3) is 6.72. The van der Waals surface area contributed by atoms with Crippen LogP contribution in [0.2, 0.25) is 0 Å². The fraction of sp³-hybridized carbons (Fsp3) is 1.00. The number of aliphatic hydroxyl groups excluding tert-OH is 1. The van der Waals surface area contributed by atoms with Crippen LogP contribution in [0.5, 0.6) is 0 Å². The molecule has 2 atom stereocenters. The van der Waals surface area contributed by atoms with Crippen LogP contribution in [0.4, 0.5) is 0 Å². The fourth-order valence-electron chi connectivity index (χ4n) is 2.64. The number of aliphatic hydroxyl groups is 1. The first-order valence-corrected chi connectivity index (χ1v) is 7.55. The average molecular weight is 256 g/mol. The molecule has 0 saturated heterocycles. The molecule has 18 heavy (non-hydrogen) atoms. The lowest BCUT2D eigenvalue weighted by Gasteiger charge is -2.34. The zero-order valence-electron chi connectivity index (χ0n) is 12.7.